The predicted molar refractivity (Wildman–Crippen MR) is 62.1 cm³/mol. The van der Waals surface area contributed by atoms with Crippen LogP contribution in [0.15, 0.2) is 18.2 Å². The molecule has 0 saturated carbocycles. The van der Waals surface area contributed by atoms with Gasteiger partial charge in [0.25, 0.3) is 0 Å². The number of benzene rings is 1. The van der Waals surface area contributed by atoms with Gasteiger partial charge in [-0.1, -0.05) is 0 Å². The number of hydrogen-bond acceptors (Lipinski definition) is 5. The highest BCUT2D eigenvalue weighted by Crippen LogP contribution is 2.34. The third-order valence-corrected chi connectivity index (χ3v) is 2.85. The zero-order chi connectivity index (χ0) is 12.5. The Bertz CT molecular complexity index is 405. The van der Waals surface area contributed by atoms with E-state index >= 15 is 0 Å². The van der Waals surface area contributed by atoms with Gasteiger partial charge in [-0.3, -0.25) is 0 Å². The molecule has 0 fully saturated rings. The van der Waals surface area contributed by atoms with Crippen molar-refractivity contribution < 1.29 is 20.1 Å². The van der Waals surface area contributed by atoms with Crippen LogP contribution in [0, 0.1) is 0 Å². The smallest absolute Gasteiger partial charge is 0.127 e. The second kappa shape index (κ2) is 4.52. The van der Waals surface area contributed by atoms with Gasteiger partial charge in [0.2, 0.25) is 0 Å². The summed E-state index contributed by atoms with van der Waals surface area (Å²) in [5.41, 5.74) is -0.184. The molecule has 94 valence electrons. The first-order chi connectivity index (χ1) is 8.02. The van der Waals surface area contributed by atoms with E-state index in [9.17, 15) is 10.2 Å². The molecule has 0 radical (unpaired) electrons. The largest absolute Gasteiger partial charge is 0.508 e. The van der Waals surface area contributed by atoms with E-state index in [2.05, 4.69) is 5.32 Å². The van der Waals surface area contributed by atoms with Gasteiger partial charge in [-0.2, -0.15) is 0 Å². The van der Waals surface area contributed by atoms with Crippen molar-refractivity contribution in [1.82, 2.24) is 5.32 Å². The highest BCUT2D eigenvalue weighted by molar-refractivity contribution is 5.44. The number of ether oxygens (including phenoxy) is 1. The van der Waals surface area contributed by atoms with Crippen molar-refractivity contribution in [2.45, 2.75) is 18.6 Å². The van der Waals surface area contributed by atoms with E-state index in [4.69, 9.17) is 9.84 Å². The molecule has 0 aromatic heterocycles. The van der Waals surface area contributed by atoms with E-state index < -0.39 is 5.60 Å². The maximum absolute atomic E-state index is 9.68. The van der Waals surface area contributed by atoms with Crippen LogP contribution >= 0.6 is 0 Å². The van der Waals surface area contributed by atoms with Crippen LogP contribution in [0.3, 0.4) is 0 Å². The van der Waals surface area contributed by atoms with E-state index in [-0.39, 0.29) is 24.9 Å². The molecule has 4 N–H and O–H groups in total. The first kappa shape index (κ1) is 12.2. The monoisotopic (exact) mass is 239 g/mol. The zero-order valence-electron chi connectivity index (χ0n) is 9.68. The van der Waals surface area contributed by atoms with Gasteiger partial charge in [-0.25, -0.2) is 0 Å². The molecule has 1 aromatic rings. The van der Waals surface area contributed by atoms with Gasteiger partial charge in [0.1, 0.15) is 18.1 Å². The minimum Gasteiger partial charge on any atom is -0.508 e. The SMILES string of the molecule is CC(O)(CO)CNC1COc2cc(O)ccc21. The van der Waals surface area contributed by atoms with Crippen LogP contribution in [-0.4, -0.2) is 40.7 Å². The van der Waals surface area contributed by atoms with Crippen LogP contribution in [0.25, 0.3) is 0 Å². The summed E-state index contributed by atoms with van der Waals surface area (Å²) in [4.78, 5) is 0. The fraction of sp³-hybridized carbons (Fsp3) is 0.500. The van der Waals surface area contributed by atoms with Crippen molar-refractivity contribution in [3.8, 4) is 11.5 Å². The Kier molecular flexibility index (Phi) is 3.24. The molecule has 17 heavy (non-hydrogen) atoms. The minimum atomic E-state index is -1.14. The molecule has 1 aliphatic rings. The summed E-state index contributed by atoms with van der Waals surface area (Å²) < 4.78 is 5.42. The molecule has 0 saturated heterocycles. The van der Waals surface area contributed by atoms with Gasteiger partial charge in [-0.05, 0) is 19.1 Å². The van der Waals surface area contributed by atoms with Crippen LogP contribution in [0.2, 0.25) is 0 Å². The topological polar surface area (TPSA) is 82.0 Å². The lowest BCUT2D eigenvalue weighted by Gasteiger charge is -2.23. The molecule has 1 aliphatic heterocycles. The number of aliphatic hydroxyl groups is 2. The lowest BCUT2D eigenvalue weighted by atomic mass is 10.1. The highest BCUT2D eigenvalue weighted by atomic mass is 16.5. The second-order valence-corrected chi connectivity index (χ2v) is 4.62. The van der Waals surface area contributed by atoms with Gasteiger partial charge in [-0.15, -0.1) is 0 Å². The molecule has 1 heterocycles. The maximum Gasteiger partial charge on any atom is 0.127 e. The number of aromatic hydroxyl groups is 1. The average Bonchev–Trinajstić information content (AvgIpc) is 2.69. The predicted octanol–water partition coefficient (Wildman–Crippen LogP) is 0.159. The van der Waals surface area contributed by atoms with Crippen molar-refractivity contribution in [3.63, 3.8) is 0 Å². The number of aliphatic hydroxyl groups excluding tert-OH is 1. The summed E-state index contributed by atoms with van der Waals surface area (Å²) >= 11 is 0. The van der Waals surface area contributed by atoms with Gasteiger partial charge >= 0.3 is 0 Å². The van der Waals surface area contributed by atoms with E-state index in [0.29, 0.717) is 12.4 Å². The van der Waals surface area contributed by atoms with Gasteiger partial charge < -0.3 is 25.4 Å². The van der Waals surface area contributed by atoms with Crippen molar-refractivity contribution in [3.05, 3.63) is 23.8 Å². The average molecular weight is 239 g/mol. The van der Waals surface area contributed by atoms with E-state index in [1.807, 2.05) is 0 Å². The molecule has 0 amide bonds. The van der Waals surface area contributed by atoms with Crippen molar-refractivity contribution >= 4 is 0 Å². The quantitative estimate of drug-likeness (QED) is 0.601. The summed E-state index contributed by atoms with van der Waals surface area (Å²) in [7, 11) is 0. The van der Waals surface area contributed by atoms with E-state index in [0.717, 1.165) is 5.56 Å². The molecule has 0 aliphatic carbocycles. The third kappa shape index (κ3) is 2.69. The van der Waals surface area contributed by atoms with Gasteiger partial charge in [0.15, 0.2) is 0 Å². The standard InChI is InChI=1S/C12H17NO4/c1-12(16,7-14)6-13-10-5-17-11-4-8(15)2-3-9(10)11/h2-4,10,13-16H,5-7H2,1H3. The number of fused-ring (bicyclic) bond motifs is 1. The third-order valence-electron chi connectivity index (χ3n) is 2.85. The Morgan fingerprint density at radius 1 is 1.53 bits per heavy atom. The number of nitrogens with one attached hydrogen (secondary N) is 1. The molecule has 5 heteroatoms. The first-order valence-electron chi connectivity index (χ1n) is 5.54. The van der Waals surface area contributed by atoms with Gasteiger partial charge in [0.05, 0.1) is 18.2 Å². The molecule has 2 atom stereocenters. The summed E-state index contributed by atoms with van der Waals surface area (Å²) in [6.07, 6.45) is 0. The molecule has 0 spiro atoms. The van der Waals surface area contributed by atoms with Crippen LogP contribution in [0.1, 0.15) is 18.5 Å². The maximum atomic E-state index is 9.68. The fourth-order valence-corrected chi connectivity index (χ4v) is 1.77. The Labute approximate surface area is 99.7 Å². The number of rotatable bonds is 4. The van der Waals surface area contributed by atoms with E-state index in [1.165, 1.54) is 0 Å². The van der Waals surface area contributed by atoms with Crippen LogP contribution in [0.5, 0.6) is 11.5 Å². The summed E-state index contributed by atoms with van der Waals surface area (Å²) in [6.45, 7) is 2.00. The number of phenolic OH excluding ortho intramolecular Hbond substituents is 1. The Morgan fingerprint density at radius 2 is 2.29 bits per heavy atom. The van der Waals surface area contributed by atoms with Crippen LogP contribution in [-0.2, 0) is 0 Å². The fourth-order valence-electron chi connectivity index (χ4n) is 1.77. The second-order valence-electron chi connectivity index (χ2n) is 4.62. The van der Waals surface area contributed by atoms with Gasteiger partial charge in [0, 0.05) is 18.2 Å². The summed E-state index contributed by atoms with van der Waals surface area (Å²) in [5, 5.41) is 31.1. The zero-order valence-corrected chi connectivity index (χ0v) is 9.68. The lowest BCUT2D eigenvalue weighted by molar-refractivity contribution is 0.000297. The van der Waals surface area contributed by atoms with Crippen molar-refractivity contribution in [2.75, 3.05) is 19.8 Å². The van der Waals surface area contributed by atoms with Crippen LogP contribution in [0.4, 0.5) is 0 Å². The summed E-state index contributed by atoms with van der Waals surface area (Å²) in [5.74, 6) is 0.831. The lowest BCUT2D eigenvalue weighted by Crippen LogP contribution is -2.42. The summed E-state index contributed by atoms with van der Waals surface area (Å²) in [6, 6.07) is 4.94. The molecule has 0 bridgehead atoms. The van der Waals surface area contributed by atoms with Crippen molar-refractivity contribution in [2.24, 2.45) is 0 Å². The minimum absolute atomic E-state index is 0.0244. The molecule has 5 nitrogen and oxygen atoms in total. The Morgan fingerprint density at radius 3 is 3.00 bits per heavy atom. The van der Waals surface area contributed by atoms with Crippen molar-refractivity contribution in [1.29, 1.82) is 0 Å². The number of hydrogen-bond donors (Lipinski definition) is 4. The molecular formula is C12H17NO4. The normalized spacial score (nSPS) is 21.7. The Balaban J connectivity index is 2.03. The number of phenols is 1. The van der Waals surface area contributed by atoms with E-state index in [1.54, 1.807) is 25.1 Å². The molecular weight excluding hydrogens is 222 g/mol. The first-order valence-corrected chi connectivity index (χ1v) is 5.54. The van der Waals surface area contributed by atoms with Crippen LogP contribution < -0.4 is 10.1 Å². The molecule has 2 unspecified atom stereocenters. The Hall–Kier alpha value is -1.30. The highest BCUT2D eigenvalue weighted by Gasteiger charge is 2.27. The molecule has 2 rings (SSSR count). The molecule has 1 aromatic carbocycles.